The lowest BCUT2D eigenvalue weighted by molar-refractivity contribution is 0.0193. The summed E-state index contributed by atoms with van der Waals surface area (Å²) >= 11 is 3.52. The maximum Gasteiger partial charge on any atom is 0.127 e. The topological polar surface area (TPSA) is 30.5 Å². The highest BCUT2D eigenvalue weighted by atomic mass is 79.9. The Hall–Kier alpha value is -0.580. The predicted molar refractivity (Wildman–Crippen MR) is 71.0 cm³/mol. The number of halogens is 1. The van der Waals surface area contributed by atoms with Crippen LogP contribution in [0.5, 0.6) is 5.75 Å². The normalized spacial score (nSPS) is 13.9. The van der Waals surface area contributed by atoms with E-state index in [1.165, 1.54) is 5.56 Å². The van der Waals surface area contributed by atoms with E-state index in [4.69, 9.17) is 9.57 Å². The van der Waals surface area contributed by atoms with Gasteiger partial charge in [-0.3, -0.25) is 0 Å². The second-order valence-electron chi connectivity index (χ2n) is 4.68. The van der Waals surface area contributed by atoms with Crippen LogP contribution in [0.2, 0.25) is 0 Å². The molecule has 0 bridgehead atoms. The van der Waals surface area contributed by atoms with Gasteiger partial charge in [0.1, 0.15) is 5.75 Å². The van der Waals surface area contributed by atoms with Crippen LogP contribution in [0.25, 0.3) is 0 Å². The van der Waals surface area contributed by atoms with Gasteiger partial charge in [-0.15, -0.1) is 0 Å². The minimum atomic E-state index is 0.534. The zero-order valence-corrected chi connectivity index (χ0v) is 11.8. The smallest absolute Gasteiger partial charge is 0.127 e. The third kappa shape index (κ3) is 3.44. The fourth-order valence-corrected chi connectivity index (χ4v) is 2.38. The average molecular weight is 300 g/mol. The minimum Gasteiger partial charge on any atom is -0.493 e. The number of ether oxygens (including phenoxy) is 1. The van der Waals surface area contributed by atoms with Crippen LogP contribution in [0.1, 0.15) is 25.0 Å². The Balaban J connectivity index is 1.96. The van der Waals surface area contributed by atoms with Crippen molar-refractivity contribution in [1.82, 2.24) is 5.48 Å². The van der Waals surface area contributed by atoms with Gasteiger partial charge in [0.2, 0.25) is 0 Å². The van der Waals surface area contributed by atoms with Gasteiger partial charge >= 0.3 is 0 Å². The Labute approximate surface area is 111 Å². The predicted octanol–water partition coefficient (Wildman–Crippen LogP) is 3.06. The standard InChI is InChI=1S/C13H18BrNO2/c1-9(2)8-17-15-7-11-6-12(14)5-10-3-4-16-13(10)11/h5-6,9,15H,3-4,7-8H2,1-2H3. The van der Waals surface area contributed by atoms with Crippen LogP contribution in [-0.4, -0.2) is 13.2 Å². The molecule has 94 valence electrons. The molecule has 0 spiro atoms. The monoisotopic (exact) mass is 299 g/mol. The highest BCUT2D eigenvalue weighted by molar-refractivity contribution is 9.10. The lowest BCUT2D eigenvalue weighted by Gasteiger charge is -2.11. The second kappa shape index (κ2) is 5.85. The third-order valence-electron chi connectivity index (χ3n) is 2.61. The summed E-state index contributed by atoms with van der Waals surface area (Å²) in [6, 6.07) is 4.21. The first-order valence-electron chi connectivity index (χ1n) is 5.95. The fourth-order valence-electron chi connectivity index (χ4n) is 1.83. The van der Waals surface area contributed by atoms with Crippen LogP contribution in [0.4, 0.5) is 0 Å². The number of fused-ring (bicyclic) bond motifs is 1. The number of hydroxylamine groups is 1. The number of hydrogen-bond acceptors (Lipinski definition) is 3. The molecule has 0 aromatic heterocycles. The van der Waals surface area contributed by atoms with Gasteiger partial charge in [0.05, 0.1) is 13.2 Å². The average Bonchev–Trinajstić information content (AvgIpc) is 2.71. The molecule has 1 aromatic rings. The Morgan fingerprint density at radius 3 is 3.06 bits per heavy atom. The molecule has 0 unspecified atom stereocenters. The van der Waals surface area contributed by atoms with Gasteiger partial charge < -0.3 is 9.57 Å². The fraction of sp³-hybridized carbons (Fsp3) is 0.538. The summed E-state index contributed by atoms with van der Waals surface area (Å²) in [7, 11) is 0. The molecule has 0 saturated heterocycles. The zero-order chi connectivity index (χ0) is 12.3. The Morgan fingerprint density at radius 1 is 1.47 bits per heavy atom. The van der Waals surface area contributed by atoms with Crippen LogP contribution in [0, 0.1) is 5.92 Å². The second-order valence-corrected chi connectivity index (χ2v) is 5.59. The molecule has 1 aliphatic rings. The molecule has 1 aromatic carbocycles. The van der Waals surface area contributed by atoms with Crippen LogP contribution in [0.3, 0.4) is 0 Å². The lowest BCUT2D eigenvalue weighted by Crippen LogP contribution is -2.17. The first-order valence-corrected chi connectivity index (χ1v) is 6.75. The molecule has 0 fully saturated rings. The van der Waals surface area contributed by atoms with E-state index in [-0.39, 0.29) is 0 Å². The van der Waals surface area contributed by atoms with Crippen LogP contribution in [0.15, 0.2) is 16.6 Å². The van der Waals surface area contributed by atoms with Crippen molar-refractivity contribution in [2.45, 2.75) is 26.8 Å². The first-order chi connectivity index (χ1) is 8.16. The van der Waals surface area contributed by atoms with Crippen molar-refractivity contribution in [3.8, 4) is 5.75 Å². The molecule has 0 saturated carbocycles. The van der Waals surface area contributed by atoms with E-state index in [1.807, 2.05) is 0 Å². The lowest BCUT2D eigenvalue weighted by atomic mass is 10.1. The molecule has 0 atom stereocenters. The van der Waals surface area contributed by atoms with Crippen molar-refractivity contribution in [3.05, 3.63) is 27.7 Å². The van der Waals surface area contributed by atoms with Crippen molar-refractivity contribution < 1.29 is 9.57 Å². The summed E-state index contributed by atoms with van der Waals surface area (Å²) in [5, 5.41) is 0. The molecule has 1 heterocycles. The largest absolute Gasteiger partial charge is 0.493 e. The molecule has 0 amide bonds. The van der Waals surface area contributed by atoms with Gasteiger partial charge in [0.25, 0.3) is 0 Å². The van der Waals surface area contributed by atoms with E-state index < -0.39 is 0 Å². The number of rotatable bonds is 5. The zero-order valence-electron chi connectivity index (χ0n) is 10.3. The summed E-state index contributed by atoms with van der Waals surface area (Å²) in [5.74, 6) is 1.56. The highest BCUT2D eigenvalue weighted by Gasteiger charge is 2.17. The van der Waals surface area contributed by atoms with Crippen molar-refractivity contribution in [3.63, 3.8) is 0 Å². The molecule has 4 heteroatoms. The van der Waals surface area contributed by atoms with Crippen LogP contribution >= 0.6 is 15.9 Å². The molecule has 17 heavy (non-hydrogen) atoms. The van der Waals surface area contributed by atoms with Crippen molar-refractivity contribution in [2.75, 3.05) is 13.2 Å². The maximum absolute atomic E-state index is 5.65. The molecular formula is C13H18BrNO2. The summed E-state index contributed by atoms with van der Waals surface area (Å²) < 4.78 is 6.75. The SMILES string of the molecule is CC(C)CONCc1cc(Br)cc2c1OCC2. The summed E-state index contributed by atoms with van der Waals surface area (Å²) in [6.07, 6.45) is 0.995. The minimum absolute atomic E-state index is 0.534. The highest BCUT2D eigenvalue weighted by Crippen LogP contribution is 2.32. The Morgan fingerprint density at radius 2 is 2.29 bits per heavy atom. The summed E-state index contributed by atoms with van der Waals surface area (Å²) in [4.78, 5) is 5.38. The number of benzene rings is 1. The van der Waals surface area contributed by atoms with E-state index in [0.29, 0.717) is 12.5 Å². The maximum atomic E-state index is 5.65. The summed E-state index contributed by atoms with van der Waals surface area (Å²) in [6.45, 7) is 6.43. The van der Waals surface area contributed by atoms with E-state index >= 15 is 0 Å². The van der Waals surface area contributed by atoms with Crippen molar-refractivity contribution in [1.29, 1.82) is 0 Å². The summed E-state index contributed by atoms with van der Waals surface area (Å²) in [5.41, 5.74) is 5.42. The van der Waals surface area contributed by atoms with E-state index in [2.05, 4.69) is 47.4 Å². The number of hydrogen-bond donors (Lipinski definition) is 1. The van der Waals surface area contributed by atoms with Crippen LogP contribution < -0.4 is 10.2 Å². The molecule has 1 N–H and O–H groups in total. The van der Waals surface area contributed by atoms with E-state index in [1.54, 1.807) is 0 Å². The third-order valence-corrected chi connectivity index (χ3v) is 3.06. The molecular weight excluding hydrogens is 282 g/mol. The van der Waals surface area contributed by atoms with Gasteiger partial charge in [0.15, 0.2) is 0 Å². The molecule has 1 aliphatic heterocycles. The van der Waals surface area contributed by atoms with Gasteiger partial charge in [-0.25, -0.2) is 0 Å². The Kier molecular flexibility index (Phi) is 4.42. The van der Waals surface area contributed by atoms with Gasteiger partial charge in [-0.1, -0.05) is 29.8 Å². The molecule has 3 nitrogen and oxygen atoms in total. The van der Waals surface area contributed by atoms with Crippen LogP contribution in [-0.2, 0) is 17.8 Å². The van der Waals surface area contributed by atoms with E-state index in [0.717, 1.165) is 35.4 Å². The van der Waals surface area contributed by atoms with Gasteiger partial charge in [0, 0.05) is 23.0 Å². The molecule has 0 radical (unpaired) electrons. The quantitative estimate of drug-likeness (QED) is 0.669. The van der Waals surface area contributed by atoms with Gasteiger partial charge in [-0.05, 0) is 23.6 Å². The van der Waals surface area contributed by atoms with E-state index in [9.17, 15) is 0 Å². The first kappa shape index (κ1) is 12.9. The molecule has 2 rings (SSSR count). The number of nitrogens with one attached hydrogen (secondary N) is 1. The molecule has 0 aliphatic carbocycles. The van der Waals surface area contributed by atoms with Crippen molar-refractivity contribution in [2.24, 2.45) is 5.92 Å². The van der Waals surface area contributed by atoms with Gasteiger partial charge in [-0.2, -0.15) is 5.48 Å². The Bertz CT molecular complexity index is 393. The van der Waals surface area contributed by atoms with Crippen molar-refractivity contribution >= 4 is 15.9 Å².